The van der Waals surface area contributed by atoms with Crippen molar-refractivity contribution < 1.29 is 0 Å². The van der Waals surface area contributed by atoms with Crippen LogP contribution in [0.15, 0.2) is 30.3 Å². The van der Waals surface area contributed by atoms with E-state index in [0.717, 1.165) is 6.54 Å². The van der Waals surface area contributed by atoms with E-state index in [4.69, 9.17) is 0 Å². The van der Waals surface area contributed by atoms with Gasteiger partial charge >= 0.3 is 0 Å². The van der Waals surface area contributed by atoms with Crippen LogP contribution in [0.4, 0.5) is 0 Å². The SMILES string of the molecule is CCCCCCC(C)(CC)NCc1ccccc1. The lowest BCUT2D eigenvalue weighted by Crippen LogP contribution is -2.41. The van der Waals surface area contributed by atoms with E-state index in [1.807, 2.05) is 0 Å². The van der Waals surface area contributed by atoms with Gasteiger partial charge < -0.3 is 5.32 Å². The Labute approximate surface area is 113 Å². The summed E-state index contributed by atoms with van der Waals surface area (Å²) in [6, 6.07) is 10.7. The van der Waals surface area contributed by atoms with Crippen molar-refractivity contribution >= 4 is 0 Å². The van der Waals surface area contributed by atoms with Crippen LogP contribution in [0.1, 0.15) is 64.9 Å². The zero-order valence-electron chi connectivity index (χ0n) is 12.3. The molecule has 1 rings (SSSR count). The minimum atomic E-state index is 0.295. The predicted octanol–water partition coefficient (Wildman–Crippen LogP) is 4.92. The lowest BCUT2D eigenvalue weighted by Gasteiger charge is -2.30. The van der Waals surface area contributed by atoms with E-state index in [2.05, 4.69) is 56.4 Å². The first-order chi connectivity index (χ1) is 8.70. The van der Waals surface area contributed by atoms with Gasteiger partial charge in [-0.15, -0.1) is 0 Å². The molecule has 0 spiro atoms. The molecule has 0 aliphatic carbocycles. The van der Waals surface area contributed by atoms with Crippen molar-refractivity contribution in [2.45, 2.75) is 71.4 Å². The van der Waals surface area contributed by atoms with E-state index in [1.54, 1.807) is 0 Å². The quantitative estimate of drug-likeness (QED) is 0.611. The van der Waals surface area contributed by atoms with Crippen molar-refractivity contribution in [3.63, 3.8) is 0 Å². The molecule has 0 heterocycles. The van der Waals surface area contributed by atoms with Crippen LogP contribution in [-0.2, 0) is 6.54 Å². The lowest BCUT2D eigenvalue weighted by atomic mass is 9.91. The normalized spacial score (nSPS) is 14.4. The average molecular weight is 247 g/mol. The van der Waals surface area contributed by atoms with E-state index in [-0.39, 0.29) is 0 Å². The summed E-state index contributed by atoms with van der Waals surface area (Å²) in [5.74, 6) is 0. The minimum Gasteiger partial charge on any atom is -0.307 e. The Kier molecular flexibility index (Phi) is 7.04. The van der Waals surface area contributed by atoms with E-state index in [0.29, 0.717) is 5.54 Å². The second-order valence-electron chi connectivity index (χ2n) is 5.56. The molecule has 1 aromatic rings. The number of hydrogen-bond donors (Lipinski definition) is 1. The zero-order chi connectivity index (χ0) is 13.3. The van der Waals surface area contributed by atoms with Gasteiger partial charge in [0, 0.05) is 12.1 Å². The average Bonchev–Trinajstić information content (AvgIpc) is 2.43. The first kappa shape index (κ1) is 15.2. The van der Waals surface area contributed by atoms with Crippen molar-refractivity contribution in [1.82, 2.24) is 5.32 Å². The summed E-state index contributed by atoms with van der Waals surface area (Å²) in [7, 11) is 0. The Bertz CT molecular complexity index is 307. The number of nitrogens with one attached hydrogen (secondary N) is 1. The summed E-state index contributed by atoms with van der Waals surface area (Å²) in [5.41, 5.74) is 1.68. The second kappa shape index (κ2) is 8.31. The fourth-order valence-corrected chi connectivity index (χ4v) is 2.24. The van der Waals surface area contributed by atoms with Crippen LogP contribution >= 0.6 is 0 Å². The zero-order valence-corrected chi connectivity index (χ0v) is 12.3. The van der Waals surface area contributed by atoms with Crippen LogP contribution in [0.3, 0.4) is 0 Å². The highest BCUT2D eigenvalue weighted by molar-refractivity contribution is 5.14. The molecule has 102 valence electrons. The topological polar surface area (TPSA) is 12.0 Å². The monoisotopic (exact) mass is 247 g/mol. The molecular formula is C17H29N. The van der Waals surface area contributed by atoms with Crippen molar-refractivity contribution in [2.75, 3.05) is 0 Å². The molecule has 1 unspecified atom stereocenters. The first-order valence-corrected chi connectivity index (χ1v) is 7.49. The third kappa shape index (κ3) is 5.68. The van der Waals surface area contributed by atoms with Gasteiger partial charge in [-0.2, -0.15) is 0 Å². The Balaban J connectivity index is 2.35. The minimum absolute atomic E-state index is 0.295. The van der Waals surface area contributed by atoms with Crippen molar-refractivity contribution in [1.29, 1.82) is 0 Å². The maximum absolute atomic E-state index is 3.74. The van der Waals surface area contributed by atoms with Crippen LogP contribution < -0.4 is 5.32 Å². The molecule has 1 heteroatoms. The summed E-state index contributed by atoms with van der Waals surface area (Å²) >= 11 is 0. The molecule has 1 aromatic carbocycles. The molecule has 0 saturated carbocycles. The Morgan fingerprint density at radius 1 is 1.00 bits per heavy atom. The Morgan fingerprint density at radius 2 is 1.72 bits per heavy atom. The Morgan fingerprint density at radius 3 is 2.33 bits per heavy atom. The number of rotatable bonds is 9. The molecule has 0 aromatic heterocycles. The van der Waals surface area contributed by atoms with Gasteiger partial charge in [-0.3, -0.25) is 0 Å². The van der Waals surface area contributed by atoms with Crippen LogP contribution in [-0.4, -0.2) is 5.54 Å². The fraction of sp³-hybridized carbons (Fsp3) is 0.647. The molecular weight excluding hydrogens is 218 g/mol. The molecule has 0 aliphatic heterocycles. The maximum atomic E-state index is 3.74. The van der Waals surface area contributed by atoms with Gasteiger partial charge in [-0.25, -0.2) is 0 Å². The van der Waals surface area contributed by atoms with Crippen LogP contribution in [0.2, 0.25) is 0 Å². The van der Waals surface area contributed by atoms with Crippen LogP contribution in [0.25, 0.3) is 0 Å². The molecule has 0 aliphatic rings. The van der Waals surface area contributed by atoms with Gasteiger partial charge in [0.25, 0.3) is 0 Å². The molecule has 0 amide bonds. The Hall–Kier alpha value is -0.820. The standard InChI is InChI=1S/C17H29N/c1-4-6-7-11-14-17(3,5-2)18-15-16-12-9-8-10-13-16/h8-10,12-13,18H,4-7,11,14-15H2,1-3H3. The highest BCUT2D eigenvalue weighted by Crippen LogP contribution is 2.19. The van der Waals surface area contributed by atoms with E-state index >= 15 is 0 Å². The lowest BCUT2D eigenvalue weighted by molar-refractivity contribution is 0.305. The maximum Gasteiger partial charge on any atom is 0.0210 e. The fourth-order valence-electron chi connectivity index (χ4n) is 2.24. The van der Waals surface area contributed by atoms with Gasteiger partial charge in [0.1, 0.15) is 0 Å². The molecule has 0 fully saturated rings. The molecule has 18 heavy (non-hydrogen) atoms. The summed E-state index contributed by atoms with van der Waals surface area (Å²) in [4.78, 5) is 0. The smallest absolute Gasteiger partial charge is 0.0210 e. The number of hydrogen-bond acceptors (Lipinski definition) is 1. The van der Waals surface area contributed by atoms with E-state index in [9.17, 15) is 0 Å². The van der Waals surface area contributed by atoms with Crippen molar-refractivity contribution in [3.8, 4) is 0 Å². The van der Waals surface area contributed by atoms with Crippen LogP contribution in [0.5, 0.6) is 0 Å². The largest absolute Gasteiger partial charge is 0.307 e. The third-order valence-corrected chi connectivity index (χ3v) is 3.92. The molecule has 1 N–H and O–H groups in total. The summed E-state index contributed by atoms with van der Waals surface area (Å²) in [5, 5.41) is 3.74. The molecule has 0 radical (unpaired) electrons. The van der Waals surface area contributed by atoms with Gasteiger partial charge in [0.15, 0.2) is 0 Å². The predicted molar refractivity (Wildman–Crippen MR) is 80.7 cm³/mol. The third-order valence-electron chi connectivity index (χ3n) is 3.92. The highest BCUT2D eigenvalue weighted by Gasteiger charge is 2.20. The summed E-state index contributed by atoms with van der Waals surface area (Å²) in [6.07, 6.45) is 7.90. The first-order valence-electron chi connectivity index (χ1n) is 7.49. The number of benzene rings is 1. The highest BCUT2D eigenvalue weighted by atomic mass is 15.0. The van der Waals surface area contributed by atoms with Crippen LogP contribution in [0, 0.1) is 0 Å². The number of unbranched alkanes of at least 4 members (excludes halogenated alkanes) is 3. The summed E-state index contributed by atoms with van der Waals surface area (Å²) < 4.78 is 0. The molecule has 0 bridgehead atoms. The summed E-state index contributed by atoms with van der Waals surface area (Å²) in [6.45, 7) is 7.91. The van der Waals surface area contributed by atoms with Crippen molar-refractivity contribution in [2.24, 2.45) is 0 Å². The van der Waals surface area contributed by atoms with Crippen molar-refractivity contribution in [3.05, 3.63) is 35.9 Å². The van der Waals surface area contributed by atoms with Gasteiger partial charge in [0.05, 0.1) is 0 Å². The van der Waals surface area contributed by atoms with E-state index in [1.165, 1.54) is 44.1 Å². The second-order valence-corrected chi connectivity index (χ2v) is 5.56. The van der Waals surface area contributed by atoms with Gasteiger partial charge in [-0.1, -0.05) is 69.9 Å². The molecule has 1 atom stereocenters. The van der Waals surface area contributed by atoms with Gasteiger partial charge in [-0.05, 0) is 25.3 Å². The molecule has 0 saturated heterocycles. The van der Waals surface area contributed by atoms with Gasteiger partial charge in [0.2, 0.25) is 0 Å². The van der Waals surface area contributed by atoms with E-state index < -0.39 is 0 Å². The molecule has 1 nitrogen and oxygen atoms in total.